The molecular formula is C14H23NO. The van der Waals surface area contributed by atoms with Gasteiger partial charge in [-0.15, -0.1) is 0 Å². The van der Waals surface area contributed by atoms with E-state index in [1.165, 1.54) is 31.5 Å². The van der Waals surface area contributed by atoms with Gasteiger partial charge in [0.05, 0.1) is 0 Å². The van der Waals surface area contributed by atoms with Crippen molar-refractivity contribution in [2.24, 2.45) is 0 Å². The van der Waals surface area contributed by atoms with Crippen LogP contribution in [-0.2, 0) is 0 Å². The Bertz CT molecular complexity index is 267. The SMILES string of the molecule is CCO.C[C@@H](c1ccccc1)N1CCCC1. The number of likely N-dealkylation sites (tertiary alicyclic amines) is 1. The van der Waals surface area contributed by atoms with Crippen molar-refractivity contribution in [3.8, 4) is 0 Å². The normalized spacial score (nSPS) is 17.7. The zero-order chi connectivity index (χ0) is 11.8. The van der Waals surface area contributed by atoms with Crippen molar-refractivity contribution in [1.82, 2.24) is 4.90 Å². The Morgan fingerprint density at radius 1 is 1.19 bits per heavy atom. The molecule has 1 atom stereocenters. The summed E-state index contributed by atoms with van der Waals surface area (Å²) in [6.07, 6.45) is 2.74. The fraction of sp³-hybridized carbons (Fsp3) is 0.571. The summed E-state index contributed by atoms with van der Waals surface area (Å²) in [6, 6.07) is 11.4. The van der Waals surface area contributed by atoms with E-state index in [9.17, 15) is 0 Å². The molecule has 1 aromatic rings. The second kappa shape index (κ2) is 7.42. The number of benzene rings is 1. The molecule has 1 aliphatic heterocycles. The molecule has 90 valence electrons. The number of nitrogens with zero attached hydrogens (tertiary/aromatic N) is 1. The lowest BCUT2D eigenvalue weighted by molar-refractivity contribution is 0.263. The van der Waals surface area contributed by atoms with E-state index in [0.29, 0.717) is 6.04 Å². The fourth-order valence-electron chi connectivity index (χ4n) is 2.07. The number of aliphatic hydroxyl groups is 1. The minimum absolute atomic E-state index is 0.250. The van der Waals surface area contributed by atoms with Crippen LogP contribution in [0, 0.1) is 0 Å². The van der Waals surface area contributed by atoms with Crippen LogP contribution in [0.5, 0.6) is 0 Å². The number of hydrogen-bond donors (Lipinski definition) is 1. The maximum absolute atomic E-state index is 7.57. The summed E-state index contributed by atoms with van der Waals surface area (Å²) in [7, 11) is 0. The molecule has 2 nitrogen and oxygen atoms in total. The minimum atomic E-state index is 0.250. The van der Waals surface area contributed by atoms with E-state index in [4.69, 9.17) is 5.11 Å². The smallest absolute Gasteiger partial charge is 0.0402 e. The van der Waals surface area contributed by atoms with Gasteiger partial charge in [-0.05, 0) is 45.3 Å². The highest BCUT2D eigenvalue weighted by molar-refractivity contribution is 5.18. The van der Waals surface area contributed by atoms with Crippen LogP contribution < -0.4 is 0 Å². The molecule has 0 unspecified atom stereocenters. The molecule has 16 heavy (non-hydrogen) atoms. The lowest BCUT2D eigenvalue weighted by Crippen LogP contribution is -2.22. The monoisotopic (exact) mass is 221 g/mol. The predicted octanol–water partition coefficient (Wildman–Crippen LogP) is 2.84. The Balaban J connectivity index is 0.000000386. The summed E-state index contributed by atoms with van der Waals surface area (Å²) in [5, 5.41) is 7.57. The Morgan fingerprint density at radius 2 is 1.69 bits per heavy atom. The first-order valence-electron chi connectivity index (χ1n) is 6.19. The lowest BCUT2D eigenvalue weighted by atomic mass is 10.1. The van der Waals surface area contributed by atoms with Crippen molar-refractivity contribution in [3.63, 3.8) is 0 Å². The van der Waals surface area contributed by atoms with E-state index < -0.39 is 0 Å². The van der Waals surface area contributed by atoms with Crippen LogP contribution in [0.1, 0.15) is 38.3 Å². The zero-order valence-corrected chi connectivity index (χ0v) is 10.4. The Labute approximate surface area is 98.9 Å². The lowest BCUT2D eigenvalue weighted by Gasteiger charge is -2.23. The highest BCUT2D eigenvalue weighted by Gasteiger charge is 2.18. The summed E-state index contributed by atoms with van der Waals surface area (Å²) in [4.78, 5) is 2.56. The van der Waals surface area contributed by atoms with Crippen molar-refractivity contribution in [2.45, 2.75) is 32.7 Å². The molecule has 1 aliphatic rings. The number of rotatable bonds is 2. The Morgan fingerprint density at radius 3 is 2.19 bits per heavy atom. The van der Waals surface area contributed by atoms with Gasteiger partial charge in [0, 0.05) is 12.6 Å². The fourth-order valence-corrected chi connectivity index (χ4v) is 2.07. The van der Waals surface area contributed by atoms with Crippen molar-refractivity contribution in [1.29, 1.82) is 0 Å². The van der Waals surface area contributed by atoms with Gasteiger partial charge in [0.25, 0.3) is 0 Å². The maximum Gasteiger partial charge on any atom is 0.0402 e. The number of aliphatic hydroxyl groups excluding tert-OH is 1. The molecule has 0 spiro atoms. The van der Waals surface area contributed by atoms with Gasteiger partial charge in [-0.25, -0.2) is 0 Å². The number of hydrogen-bond acceptors (Lipinski definition) is 2. The highest BCUT2D eigenvalue weighted by atomic mass is 16.2. The van der Waals surface area contributed by atoms with Crippen LogP contribution >= 0.6 is 0 Å². The van der Waals surface area contributed by atoms with E-state index >= 15 is 0 Å². The second-order valence-corrected chi connectivity index (χ2v) is 4.15. The molecule has 0 aromatic heterocycles. The highest BCUT2D eigenvalue weighted by Crippen LogP contribution is 2.23. The van der Waals surface area contributed by atoms with Crippen molar-refractivity contribution in [2.75, 3.05) is 19.7 Å². The molecule has 0 amide bonds. The second-order valence-electron chi connectivity index (χ2n) is 4.15. The summed E-state index contributed by atoms with van der Waals surface area (Å²) < 4.78 is 0. The van der Waals surface area contributed by atoms with Gasteiger partial charge in [-0.2, -0.15) is 0 Å². The van der Waals surface area contributed by atoms with Crippen molar-refractivity contribution < 1.29 is 5.11 Å². The van der Waals surface area contributed by atoms with E-state index in [1.54, 1.807) is 6.92 Å². The third-order valence-corrected chi connectivity index (χ3v) is 2.97. The largest absolute Gasteiger partial charge is 0.397 e. The average Bonchev–Trinajstić information content (AvgIpc) is 2.84. The third-order valence-electron chi connectivity index (χ3n) is 2.97. The topological polar surface area (TPSA) is 23.5 Å². The van der Waals surface area contributed by atoms with E-state index in [-0.39, 0.29) is 6.61 Å². The summed E-state index contributed by atoms with van der Waals surface area (Å²) in [5.74, 6) is 0. The average molecular weight is 221 g/mol. The van der Waals surface area contributed by atoms with Crippen LogP contribution in [0.2, 0.25) is 0 Å². The van der Waals surface area contributed by atoms with Crippen LogP contribution in [0.15, 0.2) is 30.3 Å². The quantitative estimate of drug-likeness (QED) is 0.830. The van der Waals surface area contributed by atoms with Crippen molar-refractivity contribution in [3.05, 3.63) is 35.9 Å². The molecule has 0 radical (unpaired) electrons. The molecule has 0 saturated carbocycles. The van der Waals surface area contributed by atoms with E-state index in [2.05, 4.69) is 42.2 Å². The molecule has 0 bridgehead atoms. The van der Waals surface area contributed by atoms with E-state index in [1.807, 2.05) is 0 Å². The van der Waals surface area contributed by atoms with Gasteiger partial charge >= 0.3 is 0 Å². The van der Waals surface area contributed by atoms with Gasteiger partial charge < -0.3 is 5.11 Å². The maximum atomic E-state index is 7.57. The van der Waals surface area contributed by atoms with Crippen LogP contribution in [0.25, 0.3) is 0 Å². The summed E-state index contributed by atoms with van der Waals surface area (Å²) in [6.45, 7) is 6.78. The molecule has 1 aromatic carbocycles. The third kappa shape index (κ3) is 3.95. The van der Waals surface area contributed by atoms with Crippen molar-refractivity contribution >= 4 is 0 Å². The molecule has 0 aliphatic carbocycles. The van der Waals surface area contributed by atoms with Gasteiger partial charge in [-0.1, -0.05) is 30.3 Å². The zero-order valence-electron chi connectivity index (χ0n) is 10.4. The Hall–Kier alpha value is -0.860. The molecule has 2 heteroatoms. The van der Waals surface area contributed by atoms with E-state index in [0.717, 1.165) is 0 Å². The molecule has 2 rings (SSSR count). The minimum Gasteiger partial charge on any atom is -0.397 e. The molecule has 1 saturated heterocycles. The Kier molecular flexibility index (Phi) is 6.12. The van der Waals surface area contributed by atoms with Crippen LogP contribution in [0.4, 0.5) is 0 Å². The molecule has 1 fully saturated rings. The summed E-state index contributed by atoms with van der Waals surface area (Å²) >= 11 is 0. The van der Waals surface area contributed by atoms with Crippen LogP contribution in [-0.4, -0.2) is 29.7 Å². The van der Waals surface area contributed by atoms with Gasteiger partial charge in [0.2, 0.25) is 0 Å². The molecular weight excluding hydrogens is 198 g/mol. The molecule has 1 N–H and O–H groups in total. The standard InChI is InChI=1S/C12H17N.C2H6O/c1-11(13-9-5-6-10-13)12-7-3-2-4-8-12;1-2-3/h2-4,7-8,11H,5-6,9-10H2,1H3;3H,2H2,1H3/t11-;/m0./s1. The van der Waals surface area contributed by atoms with Crippen LogP contribution in [0.3, 0.4) is 0 Å². The first kappa shape index (κ1) is 13.2. The predicted molar refractivity (Wildman–Crippen MR) is 68.4 cm³/mol. The van der Waals surface area contributed by atoms with Gasteiger partial charge in [0.15, 0.2) is 0 Å². The first-order chi connectivity index (χ1) is 7.79. The van der Waals surface area contributed by atoms with Gasteiger partial charge in [0.1, 0.15) is 0 Å². The summed E-state index contributed by atoms with van der Waals surface area (Å²) in [5.41, 5.74) is 1.45. The first-order valence-corrected chi connectivity index (χ1v) is 6.19. The molecule has 1 heterocycles. The van der Waals surface area contributed by atoms with Gasteiger partial charge in [-0.3, -0.25) is 4.90 Å².